The standard InChI is InChI=1S/C15H12ClN5OS/c1-8-5-11(10-3-4-17-13(16)6-10)12(7-18-8)14(22)19-15-21-20-9(2)23-15/h3-7H,1-2H3,(H,19,21,22). The van der Waals surface area contributed by atoms with Crippen LogP contribution >= 0.6 is 22.9 Å². The number of aromatic nitrogens is 4. The maximum absolute atomic E-state index is 12.6. The van der Waals surface area contributed by atoms with Crippen molar-refractivity contribution in [1.82, 2.24) is 20.2 Å². The number of aryl methyl sites for hydroxylation is 2. The highest BCUT2D eigenvalue weighted by Gasteiger charge is 2.16. The number of rotatable bonds is 3. The minimum absolute atomic E-state index is 0.295. The van der Waals surface area contributed by atoms with Gasteiger partial charge in [0.1, 0.15) is 10.2 Å². The molecule has 0 aliphatic rings. The second kappa shape index (κ2) is 6.39. The zero-order valence-corrected chi connectivity index (χ0v) is 13.9. The van der Waals surface area contributed by atoms with Crippen LogP contribution < -0.4 is 5.32 Å². The second-order valence-electron chi connectivity index (χ2n) is 4.82. The number of pyridine rings is 2. The molecule has 0 aliphatic heterocycles. The summed E-state index contributed by atoms with van der Waals surface area (Å²) in [4.78, 5) is 20.7. The molecule has 0 saturated heterocycles. The van der Waals surface area contributed by atoms with Gasteiger partial charge in [0, 0.05) is 18.1 Å². The van der Waals surface area contributed by atoms with Crippen molar-refractivity contribution in [3.05, 3.63) is 52.0 Å². The maximum atomic E-state index is 12.6. The molecule has 0 spiro atoms. The molecule has 3 aromatic rings. The lowest BCUT2D eigenvalue weighted by molar-refractivity contribution is 0.102. The smallest absolute Gasteiger partial charge is 0.259 e. The van der Waals surface area contributed by atoms with E-state index in [1.807, 2.05) is 19.9 Å². The van der Waals surface area contributed by atoms with Crippen molar-refractivity contribution in [2.45, 2.75) is 13.8 Å². The zero-order valence-electron chi connectivity index (χ0n) is 12.4. The average Bonchev–Trinajstić information content (AvgIpc) is 2.92. The Balaban J connectivity index is 2.00. The van der Waals surface area contributed by atoms with Gasteiger partial charge in [-0.1, -0.05) is 22.9 Å². The van der Waals surface area contributed by atoms with Gasteiger partial charge in [-0.25, -0.2) is 4.98 Å². The first-order valence-corrected chi connectivity index (χ1v) is 7.92. The van der Waals surface area contributed by atoms with Crippen LogP contribution in [0.5, 0.6) is 0 Å². The van der Waals surface area contributed by atoms with Gasteiger partial charge in [-0.05, 0) is 43.2 Å². The van der Waals surface area contributed by atoms with E-state index in [9.17, 15) is 4.79 Å². The van der Waals surface area contributed by atoms with Crippen molar-refractivity contribution in [3.63, 3.8) is 0 Å². The molecule has 0 aromatic carbocycles. The summed E-state index contributed by atoms with van der Waals surface area (Å²) in [6, 6.07) is 5.35. The van der Waals surface area contributed by atoms with Gasteiger partial charge in [0.05, 0.1) is 5.56 Å². The highest BCUT2D eigenvalue weighted by atomic mass is 35.5. The molecule has 116 valence electrons. The molecule has 23 heavy (non-hydrogen) atoms. The molecule has 8 heteroatoms. The number of carbonyl (C=O) groups excluding carboxylic acids is 1. The van der Waals surface area contributed by atoms with Crippen molar-refractivity contribution in [3.8, 4) is 11.1 Å². The van der Waals surface area contributed by atoms with Crippen LogP contribution in [0.1, 0.15) is 21.1 Å². The number of hydrogen-bond donors (Lipinski definition) is 1. The Morgan fingerprint density at radius 3 is 2.74 bits per heavy atom. The Hall–Kier alpha value is -2.38. The molecule has 3 rings (SSSR count). The number of anilines is 1. The first-order valence-electron chi connectivity index (χ1n) is 6.73. The third kappa shape index (κ3) is 3.52. The van der Waals surface area contributed by atoms with Gasteiger partial charge in [-0.2, -0.15) is 0 Å². The van der Waals surface area contributed by atoms with Gasteiger partial charge >= 0.3 is 0 Å². The van der Waals surface area contributed by atoms with Crippen molar-refractivity contribution in [2.24, 2.45) is 0 Å². The minimum atomic E-state index is -0.295. The lowest BCUT2D eigenvalue weighted by Crippen LogP contribution is -2.13. The Kier molecular flexibility index (Phi) is 4.31. The fourth-order valence-corrected chi connectivity index (χ4v) is 2.82. The monoisotopic (exact) mass is 345 g/mol. The Morgan fingerprint density at radius 1 is 1.22 bits per heavy atom. The van der Waals surface area contributed by atoms with E-state index in [-0.39, 0.29) is 5.91 Å². The number of nitrogens with zero attached hydrogens (tertiary/aromatic N) is 4. The lowest BCUT2D eigenvalue weighted by atomic mass is 10.0. The van der Waals surface area contributed by atoms with Crippen LogP contribution in [0.2, 0.25) is 5.15 Å². The quantitative estimate of drug-likeness (QED) is 0.734. The number of nitrogens with one attached hydrogen (secondary N) is 1. The van der Waals surface area contributed by atoms with E-state index in [1.54, 1.807) is 24.5 Å². The molecule has 0 saturated carbocycles. The molecule has 0 atom stereocenters. The molecule has 0 aliphatic carbocycles. The van der Waals surface area contributed by atoms with E-state index in [4.69, 9.17) is 11.6 Å². The Morgan fingerprint density at radius 2 is 2.04 bits per heavy atom. The summed E-state index contributed by atoms with van der Waals surface area (Å²) in [6.45, 7) is 3.69. The number of carbonyl (C=O) groups is 1. The van der Waals surface area contributed by atoms with E-state index < -0.39 is 0 Å². The molecule has 3 heterocycles. The van der Waals surface area contributed by atoms with Gasteiger partial charge in [0.15, 0.2) is 0 Å². The molecule has 6 nitrogen and oxygen atoms in total. The molecule has 0 unspecified atom stereocenters. The molecule has 0 fully saturated rings. The van der Waals surface area contributed by atoms with E-state index in [0.717, 1.165) is 21.8 Å². The van der Waals surface area contributed by atoms with E-state index in [1.165, 1.54) is 11.3 Å². The second-order valence-corrected chi connectivity index (χ2v) is 6.39. The largest absolute Gasteiger partial charge is 0.296 e. The van der Waals surface area contributed by atoms with Crippen LogP contribution in [-0.4, -0.2) is 26.1 Å². The molecule has 1 amide bonds. The number of halogens is 1. The van der Waals surface area contributed by atoms with Gasteiger partial charge in [0.2, 0.25) is 5.13 Å². The van der Waals surface area contributed by atoms with Crippen molar-refractivity contribution in [2.75, 3.05) is 5.32 Å². The summed E-state index contributed by atoms with van der Waals surface area (Å²) in [5.41, 5.74) is 2.77. The predicted molar refractivity (Wildman–Crippen MR) is 89.8 cm³/mol. The molecule has 3 aromatic heterocycles. The van der Waals surface area contributed by atoms with Crippen LogP contribution in [0.25, 0.3) is 11.1 Å². The maximum Gasteiger partial charge on any atom is 0.259 e. The third-order valence-electron chi connectivity index (χ3n) is 3.07. The number of hydrogen-bond acceptors (Lipinski definition) is 6. The van der Waals surface area contributed by atoms with E-state index in [0.29, 0.717) is 15.8 Å². The van der Waals surface area contributed by atoms with Crippen LogP contribution in [0.3, 0.4) is 0 Å². The Labute approximate surface area is 141 Å². The van der Waals surface area contributed by atoms with Gasteiger partial charge in [-0.3, -0.25) is 15.1 Å². The summed E-state index contributed by atoms with van der Waals surface area (Å²) in [6.07, 6.45) is 3.14. The summed E-state index contributed by atoms with van der Waals surface area (Å²) in [7, 11) is 0. The number of amides is 1. The van der Waals surface area contributed by atoms with Gasteiger partial charge in [-0.15, -0.1) is 10.2 Å². The first kappa shape index (κ1) is 15.5. The molecule has 0 bridgehead atoms. The first-order chi connectivity index (χ1) is 11.0. The highest BCUT2D eigenvalue weighted by molar-refractivity contribution is 7.15. The SMILES string of the molecule is Cc1cc(-c2ccnc(Cl)c2)c(C(=O)Nc2nnc(C)s2)cn1. The third-order valence-corrected chi connectivity index (χ3v) is 4.03. The summed E-state index contributed by atoms with van der Waals surface area (Å²) in [5.74, 6) is -0.295. The van der Waals surface area contributed by atoms with Crippen LogP contribution in [-0.2, 0) is 0 Å². The van der Waals surface area contributed by atoms with Crippen molar-refractivity contribution < 1.29 is 4.79 Å². The molecule has 1 N–H and O–H groups in total. The topological polar surface area (TPSA) is 80.7 Å². The predicted octanol–water partition coefficient (Wildman–Crippen LogP) is 3.52. The lowest BCUT2D eigenvalue weighted by Gasteiger charge is -2.10. The minimum Gasteiger partial charge on any atom is -0.296 e. The van der Waals surface area contributed by atoms with E-state index in [2.05, 4.69) is 25.5 Å². The fraction of sp³-hybridized carbons (Fsp3) is 0.133. The Bertz CT molecular complexity index is 880. The molecular weight excluding hydrogens is 334 g/mol. The highest BCUT2D eigenvalue weighted by Crippen LogP contribution is 2.26. The summed E-state index contributed by atoms with van der Waals surface area (Å²) >= 11 is 7.27. The van der Waals surface area contributed by atoms with Gasteiger partial charge in [0.25, 0.3) is 5.91 Å². The van der Waals surface area contributed by atoms with Crippen LogP contribution in [0.15, 0.2) is 30.6 Å². The molecular formula is C15H12ClN5OS. The molecule has 0 radical (unpaired) electrons. The average molecular weight is 346 g/mol. The summed E-state index contributed by atoms with van der Waals surface area (Å²) in [5, 5.41) is 12.1. The van der Waals surface area contributed by atoms with Crippen molar-refractivity contribution >= 4 is 34.0 Å². The van der Waals surface area contributed by atoms with Crippen LogP contribution in [0.4, 0.5) is 5.13 Å². The fourth-order valence-electron chi connectivity index (χ4n) is 2.06. The van der Waals surface area contributed by atoms with Gasteiger partial charge < -0.3 is 0 Å². The van der Waals surface area contributed by atoms with Crippen LogP contribution in [0, 0.1) is 13.8 Å². The summed E-state index contributed by atoms with van der Waals surface area (Å²) < 4.78 is 0. The van der Waals surface area contributed by atoms with E-state index >= 15 is 0 Å². The van der Waals surface area contributed by atoms with Crippen molar-refractivity contribution in [1.29, 1.82) is 0 Å². The zero-order chi connectivity index (χ0) is 16.4. The normalized spacial score (nSPS) is 10.6.